The van der Waals surface area contributed by atoms with Gasteiger partial charge in [-0.1, -0.05) is 35.3 Å². The van der Waals surface area contributed by atoms with Crippen molar-refractivity contribution in [1.29, 1.82) is 0 Å². The molecule has 14 heteroatoms. The SMILES string of the molecule is CNC(=O)[C@H](C)N(Cc1c(Cl)cccc1Cl)C(=O)CN(c1ccc(OC)cc1)S(=O)(=O)c1ccc(C)c([N+](=O)[O-])c1. The molecule has 0 saturated carbocycles. The summed E-state index contributed by atoms with van der Waals surface area (Å²) in [4.78, 5) is 38.1. The maximum absolute atomic E-state index is 13.9. The number of nitro benzene ring substituents is 1. The van der Waals surface area contributed by atoms with Gasteiger partial charge in [-0.3, -0.25) is 24.0 Å². The van der Waals surface area contributed by atoms with Crippen LogP contribution in [-0.4, -0.2) is 56.8 Å². The normalized spacial score (nSPS) is 11.9. The van der Waals surface area contributed by atoms with Gasteiger partial charge in [0.05, 0.1) is 22.6 Å². The fraction of sp³-hybridized carbons (Fsp3) is 0.259. The van der Waals surface area contributed by atoms with E-state index in [1.807, 2.05) is 0 Å². The molecule has 3 aromatic rings. The van der Waals surface area contributed by atoms with Crippen LogP contribution in [0, 0.1) is 17.0 Å². The van der Waals surface area contributed by atoms with Crippen LogP contribution in [0.15, 0.2) is 65.6 Å². The van der Waals surface area contributed by atoms with Gasteiger partial charge in [0.1, 0.15) is 18.3 Å². The first kappa shape index (κ1) is 31.7. The number of halogens is 2. The van der Waals surface area contributed by atoms with Crippen LogP contribution < -0.4 is 14.4 Å². The Morgan fingerprint density at radius 1 is 1.07 bits per heavy atom. The summed E-state index contributed by atoms with van der Waals surface area (Å²) in [7, 11) is -1.68. The van der Waals surface area contributed by atoms with Crippen LogP contribution in [0.25, 0.3) is 0 Å². The summed E-state index contributed by atoms with van der Waals surface area (Å²) in [5, 5.41) is 14.5. The number of nitrogens with one attached hydrogen (secondary N) is 1. The third kappa shape index (κ3) is 7.07. The number of hydrogen-bond acceptors (Lipinski definition) is 7. The smallest absolute Gasteiger partial charge is 0.273 e. The first-order valence-corrected chi connectivity index (χ1v) is 14.4. The summed E-state index contributed by atoms with van der Waals surface area (Å²) < 4.78 is 33.9. The molecule has 0 bridgehead atoms. The highest BCUT2D eigenvalue weighted by molar-refractivity contribution is 7.92. The zero-order chi connectivity index (χ0) is 30.5. The Balaban J connectivity index is 2.13. The average Bonchev–Trinajstić information content (AvgIpc) is 2.94. The first-order chi connectivity index (χ1) is 19.3. The molecule has 0 saturated heterocycles. The van der Waals surface area contributed by atoms with Crippen molar-refractivity contribution < 1.29 is 27.7 Å². The average molecular weight is 624 g/mol. The fourth-order valence-corrected chi connectivity index (χ4v) is 5.95. The Morgan fingerprint density at radius 2 is 1.68 bits per heavy atom. The van der Waals surface area contributed by atoms with Crippen molar-refractivity contribution in [3.8, 4) is 5.75 Å². The van der Waals surface area contributed by atoms with Crippen LogP contribution in [-0.2, 0) is 26.2 Å². The van der Waals surface area contributed by atoms with E-state index in [-0.39, 0.29) is 27.8 Å². The Hall–Kier alpha value is -3.87. The Bertz CT molecular complexity index is 1550. The number of amides is 2. The monoisotopic (exact) mass is 622 g/mol. The van der Waals surface area contributed by atoms with Crippen LogP contribution >= 0.6 is 23.2 Å². The molecule has 3 aromatic carbocycles. The summed E-state index contributed by atoms with van der Waals surface area (Å²) >= 11 is 12.7. The van der Waals surface area contributed by atoms with Crippen molar-refractivity contribution in [2.75, 3.05) is 25.0 Å². The molecule has 11 nitrogen and oxygen atoms in total. The van der Waals surface area contributed by atoms with E-state index in [0.717, 1.165) is 15.3 Å². The zero-order valence-corrected chi connectivity index (χ0v) is 25.0. The lowest BCUT2D eigenvalue weighted by Crippen LogP contribution is -2.50. The van der Waals surface area contributed by atoms with Crippen LogP contribution in [0.5, 0.6) is 5.75 Å². The van der Waals surface area contributed by atoms with Crippen molar-refractivity contribution in [1.82, 2.24) is 10.2 Å². The first-order valence-electron chi connectivity index (χ1n) is 12.2. The number of benzene rings is 3. The molecule has 0 radical (unpaired) electrons. The lowest BCUT2D eigenvalue weighted by molar-refractivity contribution is -0.385. The van der Waals surface area contributed by atoms with E-state index < -0.39 is 49.9 Å². The van der Waals surface area contributed by atoms with Gasteiger partial charge >= 0.3 is 0 Å². The predicted molar refractivity (Wildman–Crippen MR) is 156 cm³/mol. The zero-order valence-electron chi connectivity index (χ0n) is 22.6. The summed E-state index contributed by atoms with van der Waals surface area (Å²) in [6, 6.07) is 13.1. The molecule has 0 unspecified atom stereocenters. The highest BCUT2D eigenvalue weighted by atomic mass is 35.5. The largest absolute Gasteiger partial charge is 0.497 e. The van der Waals surface area contributed by atoms with E-state index in [0.29, 0.717) is 11.3 Å². The molecule has 0 fully saturated rings. The maximum Gasteiger partial charge on any atom is 0.273 e. The minimum atomic E-state index is -4.53. The number of likely N-dealkylation sites (N-methyl/N-ethyl adjacent to an activating group) is 1. The van der Waals surface area contributed by atoms with Gasteiger partial charge in [-0.05, 0) is 56.3 Å². The third-order valence-corrected chi connectivity index (χ3v) is 8.89. The van der Waals surface area contributed by atoms with Gasteiger partial charge in [-0.2, -0.15) is 0 Å². The van der Waals surface area contributed by atoms with Crippen molar-refractivity contribution in [3.05, 3.63) is 92.0 Å². The summed E-state index contributed by atoms with van der Waals surface area (Å²) in [6.07, 6.45) is 0. The number of hydrogen-bond donors (Lipinski definition) is 1. The van der Waals surface area contributed by atoms with Crippen LogP contribution in [0.4, 0.5) is 11.4 Å². The molecule has 3 rings (SSSR count). The molecule has 0 heterocycles. The number of sulfonamides is 1. The summed E-state index contributed by atoms with van der Waals surface area (Å²) in [6.45, 7) is 2.02. The van der Waals surface area contributed by atoms with Gasteiger partial charge in [0.25, 0.3) is 15.7 Å². The number of carbonyl (C=O) groups is 2. The van der Waals surface area contributed by atoms with Crippen LogP contribution in [0.3, 0.4) is 0 Å². The number of rotatable bonds is 11. The van der Waals surface area contributed by atoms with Crippen molar-refractivity contribution in [2.45, 2.75) is 31.3 Å². The number of aryl methyl sites for hydroxylation is 1. The van der Waals surface area contributed by atoms with Gasteiger partial charge in [0.15, 0.2) is 0 Å². The van der Waals surface area contributed by atoms with Gasteiger partial charge in [0, 0.05) is 40.8 Å². The molecular formula is C27H28Cl2N4O7S. The van der Waals surface area contributed by atoms with Crippen LogP contribution in [0.2, 0.25) is 10.0 Å². The number of nitrogens with zero attached hydrogens (tertiary/aromatic N) is 3. The molecular weight excluding hydrogens is 595 g/mol. The minimum absolute atomic E-state index is 0.0886. The van der Waals surface area contributed by atoms with E-state index in [1.54, 1.807) is 18.2 Å². The number of ether oxygens (including phenoxy) is 1. The molecule has 218 valence electrons. The van der Waals surface area contributed by atoms with E-state index in [9.17, 15) is 28.1 Å². The molecule has 2 amide bonds. The van der Waals surface area contributed by atoms with E-state index in [4.69, 9.17) is 27.9 Å². The quantitative estimate of drug-likeness (QED) is 0.244. The second-order valence-electron chi connectivity index (χ2n) is 8.93. The molecule has 0 aliphatic carbocycles. The molecule has 1 atom stereocenters. The summed E-state index contributed by atoms with van der Waals surface area (Å²) in [5.41, 5.74) is 0.331. The number of nitro groups is 1. The molecule has 0 aliphatic heterocycles. The predicted octanol–water partition coefficient (Wildman–Crippen LogP) is 4.58. The van der Waals surface area contributed by atoms with Crippen molar-refractivity contribution in [2.24, 2.45) is 0 Å². The van der Waals surface area contributed by atoms with E-state index in [2.05, 4.69) is 5.32 Å². The third-order valence-electron chi connectivity index (χ3n) is 6.41. The molecule has 1 N–H and O–H groups in total. The highest BCUT2D eigenvalue weighted by Gasteiger charge is 2.33. The van der Waals surface area contributed by atoms with E-state index >= 15 is 0 Å². The highest BCUT2D eigenvalue weighted by Crippen LogP contribution is 2.30. The standard InChI is InChI=1S/C27H28Cl2N4O7S/c1-17-8-13-21(14-25(17)33(36)37)41(38,39)32(19-9-11-20(40-4)12-10-19)16-26(34)31(18(2)27(35)30-3)15-22-23(28)6-5-7-24(22)29/h5-14,18H,15-16H2,1-4H3,(H,30,35)/t18-/m0/s1. The van der Waals surface area contributed by atoms with Gasteiger partial charge in [-0.25, -0.2) is 8.42 Å². The lowest BCUT2D eigenvalue weighted by atomic mass is 10.1. The number of methoxy groups -OCH3 is 1. The Kier molecular flexibility index (Phi) is 10.2. The summed E-state index contributed by atoms with van der Waals surface area (Å²) in [5.74, 6) is -0.820. The Labute approximate surface area is 247 Å². The van der Waals surface area contributed by atoms with E-state index in [1.165, 1.54) is 64.4 Å². The van der Waals surface area contributed by atoms with Crippen molar-refractivity contribution in [3.63, 3.8) is 0 Å². The lowest BCUT2D eigenvalue weighted by Gasteiger charge is -2.32. The molecule has 41 heavy (non-hydrogen) atoms. The Morgan fingerprint density at radius 3 is 2.22 bits per heavy atom. The number of carbonyl (C=O) groups excluding carboxylic acids is 2. The maximum atomic E-state index is 13.9. The second-order valence-corrected chi connectivity index (χ2v) is 11.6. The molecule has 0 aliphatic rings. The van der Waals surface area contributed by atoms with Crippen molar-refractivity contribution >= 4 is 56.4 Å². The number of anilines is 1. The minimum Gasteiger partial charge on any atom is -0.497 e. The molecule has 0 aromatic heterocycles. The van der Waals surface area contributed by atoms with Crippen LogP contribution in [0.1, 0.15) is 18.1 Å². The topological polar surface area (TPSA) is 139 Å². The molecule has 0 spiro atoms. The second kappa shape index (κ2) is 13.2. The van der Waals surface area contributed by atoms with Gasteiger partial charge in [0.2, 0.25) is 11.8 Å². The van der Waals surface area contributed by atoms with Gasteiger partial charge < -0.3 is 15.0 Å². The fourth-order valence-electron chi connectivity index (χ4n) is 4.00. The van der Waals surface area contributed by atoms with Gasteiger partial charge in [-0.15, -0.1) is 0 Å².